The first-order valence-corrected chi connectivity index (χ1v) is 9.77. The van der Waals surface area contributed by atoms with Crippen molar-refractivity contribution in [3.63, 3.8) is 0 Å². The van der Waals surface area contributed by atoms with Gasteiger partial charge in [-0.05, 0) is 45.8 Å². The van der Waals surface area contributed by atoms with Crippen molar-refractivity contribution in [3.05, 3.63) is 76.1 Å². The van der Waals surface area contributed by atoms with Gasteiger partial charge in [-0.25, -0.2) is 9.07 Å². The molecule has 0 bridgehead atoms. The molecule has 4 aromatic rings. The standard InChI is InChI=1S/C20H11BrF3N5O2/c21-12-7-25-29(9-12)16-6-13(22)3-4-15(16)28-8-11-2-1-10(5-14(11)20(28)30)18-26-27-19(31-18)17(23)24/h1-7,9,17H,8H2. The first kappa shape index (κ1) is 19.5. The Bertz CT molecular complexity index is 1320. The summed E-state index contributed by atoms with van der Waals surface area (Å²) in [5, 5.41) is 11.1. The summed E-state index contributed by atoms with van der Waals surface area (Å²) in [6.45, 7) is 0.252. The number of benzene rings is 2. The molecule has 156 valence electrons. The second-order valence-electron chi connectivity index (χ2n) is 6.75. The summed E-state index contributed by atoms with van der Waals surface area (Å²) in [5.41, 5.74) is 2.30. The van der Waals surface area contributed by atoms with E-state index in [1.807, 2.05) is 0 Å². The maximum Gasteiger partial charge on any atom is 0.314 e. The largest absolute Gasteiger partial charge is 0.415 e. The lowest BCUT2D eigenvalue weighted by molar-refractivity contribution is 0.0996. The first-order chi connectivity index (χ1) is 14.9. The van der Waals surface area contributed by atoms with E-state index in [4.69, 9.17) is 4.42 Å². The van der Waals surface area contributed by atoms with E-state index < -0.39 is 18.1 Å². The highest BCUT2D eigenvalue weighted by Crippen LogP contribution is 2.35. The van der Waals surface area contributed by atoms with Crippen molar-refractivity contribution in [3.8, 4) is 17.1 Å². The van der Waals surface area contributed by atoms with E-state index >= 15 is 0 Å². The summed E-state index contributed by atoms with van der Waals surface area (Å²) in [6, 6.07) is 8.91. The second-order valence-corrected chi connectivity index (χ2v) is 7.66. The Hall–Kier alpha value is -3.47. The van der Waals surface area contributed by atoms with Crippen LogP contribution in [0.5, 0.6) is 0 Å². The number of hydrogen-bond donors (Lipinski definition) is 0. The van der Waals surface area contributed by atoms with Crippen molar-refractivity contribution < 1.29 is 22.4 Å². The lowest BCUT2D eigenvalue weighted by atomic mass is 10.1. The lowest BCUT2D eigenvalue weighted by Crippen LogP contribution is -2.24. The fraction of sp³-hybridized carbons (Fsp3) is 0.100. The van der Waals surface area contributed by atoms with Crippen LogP contribution >= 0.6 is 15.9 Å². The number of nitrogens with zero attached hydrogens (tertiary/aromatic N) is 5. The number of halogens is 4. The fourth-order valence-corrected chi connectivity index (χ4v) is 3.69. The molecule has 5 rings (SSSR count). The molecule has 31 heavy (non-hydrogen) atoms. The summed E-state index contributed by atoms with van der Waals surface area (Å²) in [6.07, 6.45) is 0.326. The number of anilines is 1. The van der Waals surface area contributed by atoms with Crippen molar-refractivity contribution in [2.45, 2.75) is 13.0 Å². The van der Waals surface area contributed by atoms with Crippen molar-refractivity contribution in [2.24, 2.45) is 0 Å². The molecular formula is C20H11BrF3N5O2. The molecule has 11 heteroatoms. The Labute approximate surface area is 181 Å². The smallest absolute Gasteiger partial charge is 0.314 e. The van der Waals surface area contributed by atoms with Crippen LogP contribution in [0.2, 0.25) is 0 Å². The van der Waals surface area contributed by atoms with Crippen LogP contribution < -0.4 is 4.90 Å². The quantitative estimate of drug-likeness (QED) is 0.406. The number of hydrogen-bond acceptors (Lipinski definition) is 5. The lowest BCUT2D eigenvalue weighted by Gasteiger charge is -2.19. The summed E-state index contributed by atoms with van der Waals surface area (Å²) < 4.78 is 46.6. The normalized spacial score (nSPS) is 13.3. The Morgan fingerprint density at radius 2 is 1.94 bits per heavy atom. The van der Waals surface area contributed by atoms with Gasteiger partial charge in [-0.2, -0.15) is 13.9 Å². The fourth-order valence-electron chi connectivity index (χ4n) is 3.41. The molecule has 1 aliphatic rings. The predicted octanol–water partition coefficient (Wildman–Crippen LogP) is 4.92. The van der Waals surface area contributed by atoms with E-state index in [0.29, 0.717) is 27.0 Å². The molecule has 0 fully saturated rings. The van der Waals surface area contributed by atoms with Gasteiger partial charge < -0.3 is 9.32 Å². The molecule has 0 spiro atoms. The third-order valence-corrected chi connectivity index (χ3v) is 5.22. The van der Waals surface area contributed by atoms with Crippen LogP contribution in [0, 0.1) is 5.82 Å². The monoisotopic (exact) mass is 489 g/mol. The molecule has 0 atom stereocenters. The number of aromatic nitrogens is 4. The molecule has 2 aromatic carbocycles. The summed E-state index contributed by atoms with van der Waals surface area (Å²) in [7, 11) is 0. The first-order valence-electron chi connectivity index (χ1n) is 8.97. The van der Waals surface area contributed by atoms with E-state index in [9.17, 15) is 18.0 Å². The van der Waals surface area contributed by atoms with Gasteiger partial charge in [0.1, 0.15) is 5.82 Å². The summed E-state index contributed by atoms with van der Waals surface area (Å²) >= 11 is 3.31. The molecule has 3 heterocycles. The van der Waals surface area contributed by atoms with Crippen LogP contribution in [-0.2, 0) is 6.54 Å². The topological polar surface area (TPSA) is 77.0 Å². The second kappa shape index (κ2) is 7.34. The van der Waals surface area contributed by atoms with Gasteiger partial charge in [0.2, 0.25) is 5.89 Å². The molecular weight excluding hydrogens is 479 g/mol. The maximum absolute atomic E-state index is 14.0. The molecule has 7 nitrogen and oxygen atoms in total. The zero-order valence-electron chi connectivity index (χ0n) is 15.5. The van der Waals surface area contributed by atoms with Crippen molar-refractivity contribution in [1.82, 2.24) is 20.0 Å². The van der Waals surface area contributed by atoms with E-state index in [1.54, 1.807) is 24.5 Å². The van der Waals surface area contributed by atoms with Crippen molar-refractivity contribution in [1.29, 1.82) is 0 Å². The number of amides is 1. The Morgan fingerprint density at radius 1 is 1.10 bits per heavy atom. The van der Waals surface area contributed by atoms with Gasteiger partial charge >= 0.3 is 6.43 Å². The van der Waals surface area contributed by atoms with Gasteiger partial charge in [0.05, 0.1) is 28.6 Å². The zero-order chi connectivity index (χ0) is 21.7. The third kappa shape index (κ3) is 3.40. The van der Waals surface area contributed by atoms with E-state index in [2.05, 4.69) is 31.2 Å². The number of fused-ring (bicyclic) bond motifs is 1. The van der Waals surface area contributed by atoms with Crippen LogP contribution in [0.1, 0.15) is 28.2 Å². The summed E-state index contributed by atoms with van der Waals surface area (Å²) in [5.74, 6) is -1.69. The van der Waals surface area contributed by atoms with E-state index in [-0.39, 0.29) is 18.3 Å². The minimum absolute atomic E-state index is 0.104. The molecule has 0 aliphatic carbocycles. The highest BCUT2D eigenvalue weighted by atomic mass is 79.9. The van der Waals surface area contributed by atoms with Crippen LogP contribution in [0.15, 0.2) is 57.7 Å². The molecule has 0 saturated heterocycles. The Kier molecular flexibility index (Phi) is 4.62. The predicted molar refractivity (Wildman–Crippen MR) is 106 cm³/mol. The van der Waals surface area contributed by atoms with Crippen LogP contribution in [0.25, 0.3) is 17.1 Å². The Morgan fingerprint density at radius 3 is 2.65 bits per heavy atom. The minimum atomic E-state index is -2.88. The van der Waals surface area contributed by atoms with Crippen LogP contribution in [0.3, 0.4) is 0 Å². The van der Waals surface area contributed by atoms with Crippen LogP contribution in [0.4, 0.5) is 18.9 Å². The third-order valence-electron chi connectivity index (χ3n) is 4.81. The van der Waals surface area contributed by atoms with E-state index in [0.717, 1.165) is 5.56 Å². The van der Waals surface area contributed by atoms with Crippen LogP contribution in [-0.4, -0.2) is 25.9 Å². The van der Waals surface area contributed by atoms with Gasteiger partial charge in [-0.3, -0.25) is 4.79 Å². The number of alkyl halides is 2. The maximum atomic E-state index is 14.0. The molecule has 1 aliphatic heterocycles. The Balaban J connectivity index is 1.52. The van der Waals surface area contributed by atoms with Crippen molar-refractivity contribution >= 4 is 27.5 Å². The zero-order valence-corrected chi connectivity index (χ0v) is 17.1. The van der Waals surface area contributed by atoms with Crippen molar-refractivity contribution in [2.75, 3.05) is 4.90 Å². The van der Waals surface area contributed by atoms with E-state index in [1.165, 1.54) is 33.8 Å². The molecule has 0 N–H and O–H groups in total. The average molecular weight is 490 g/mol. The van der Waals surface area contributed by atoms with Gasteiger partial charge in [0.25, 0.3) is 11.8 Å². The number of carbonyl (C=O) groups is 1. The molecule has 0 radical (unpaired) electrons. The average Bonchev–Trinajstić information content (AvgIpc) is 3.47. The van der Waals surface area contributed by atoms with Gasteiger partial charge in [-0.1, -0.05) is 6.07 Å². The molecule has 0 unspecified atom stereocenters. The number of carbonyl (C=O) groups excluding carboxylic acids is 1. The summed E-state index contributed by atoms with van der Waals surface area (Å²) in [4.78, 5) is 14.7. The van der Waals surface area contributed by atoms with Gasteiger partial charge in [0.15, 0.2) is 0 Å². The molecule has 1 amide bonds. The van der Waals surface area contributed by atoms with Gasteiger partial charge in [0, 0.05) is 23.4 Å². The SMILES string of the molecule is O=C1c2cc(-c3nnc(C(F)F)o3)ccc2CN1c1ccc(F)cc1-n1cc(Br)cn1. The van der Waals surface area contributed by atoms with Gasteiger partial charge in [-0.15, -0.1) is 10.2 Å². The number of rotatable bonds is 4. The molecule has 0 saturated carbocycles. The highest BCUT2D eigenvalue weighted by Gasteiger charge is 2.31. The minimum Gasteiger partial charge on any atom is -0.415 e. The highest BCUT2D eigenvalue weighted by molar-refractivity contribution is 9.10. The molecule has 2 aromatic heterocycles.